The molecular formula is C35H70N2O10P-. The summed E-state index contributed by atoms with van der Waals surface area (Å²) in [5.41, 5.74) is 11.0. The highest BCUT2D eigenvalue weighted by molar-refractivity contribution is 7.45. The van der Waals surface area contributed by atoms with Gasteiger partial charge in [-0.05, 0) is 52.6 Å². The summed E-state index contributed by atoms with van der Waals surface area (Å²) in [5, 5.41) is 9.68. The van der Waals surface area contributed by atoms with Crippen molar-refractivity contribution in [3.05, 3.63) is 0 Å². The fraction of sp³-hybridized carbons (Fsp3) is 0.943. The number of hydrogen-bond donors (Lipinski definition) is 3. The summed E-state index contributed by atoms with van der Waals surface area (Å²) < 4.78 is 38.7. The zero-order valence-electron chi connectivity index (χ0n) is 30.5. The molecule has 13 heteroatoms. The van der Waals surface area contributed by atoms with E-state index in [1.807, 2.05) is 0 Å². The van der Waals surface area contributed by atoms with Gasteiger partial charge in [0.15, 0.2) is 11.6 Å². The average molecular weight is 710 g/mol. The lowest BCUT2D eigenvalue weighted by Crippen LogP contribution is -2.30. The second kappa shape index (κ2) is 30.8. The van der Waals surface area contributed by atoms with E-state index in [0.717, 1.165) is 70.9 Å². The number of Topliss-reactive ketones (excluding diaryl/α,β-unsaturated/α-hetero) is 1. The summed E-state index contributed by atoms with van der Waals surface area (Å²) in [7, 11) is -4.73. The Morgan fingerprint density at radius 3 is 1.60 bits per heavy atom. The molecule has 0 aromatic carbocycles. The first kappa shape index (κ1) is 47.0. The van der Waals surface area contributed by atoms with Crippen LogP contribution < -0.4 is 16.4 Å². The molecule has 5 N–H and O–H groups in total. The SMILES string of the molecule is CC(COC(C)(C)O)COP(=O)([O-])OCC(COCC(=O)CCCCCCCCCCCN)OC(=O)CCCCCCCCCCCN. The van der Waals surface area contributed by atoms with E-state index in [1.54, 1.807) is 6.92 Å². The molecule has 3 atom stereocenters. The van der Waals surface area contributed by atoms with Crippen molar-refractivity contribution in [3.8, 4) is 0 Å². The van der Waals surface area contributed by atoms with E-state index in [4.69, 9.17) is 34.7 Å². The van der Waals surface area contributed by atoms with Crippen LogP contribution in [0.25, 0.3) is 0 Å². The predicted molar refractivity (Wildman–Crippen MR) is 187 cm³/mol. The van der Waals surface area contributed by atoms with Crippen molar-refractivity contribution in [1.82, 2.24) is 0 Å². The van der Waals surface area contributed by atoms with E-state index in [9.17, 15) is 24.2 Å². The van der Waals surface area contributed by atoms with Gasteiger partial charge in [0.25, 0.3) is 7.82 Å². The van der Waals surface area contributed by atoms with Crippen molar-refractivity contribution in [2.45, 2.75) is 161 Å². The molecule has 286 valence electrons. The van der Waals surface area contributed by atoms with Crippen molar-refractivity contribution >= 4 is 19.6 Å². The molecule has 0 aromatic rings. The Morgan fingerprint density at radius 2 is 1.12 bits per heavy atom. The van der Waals surface area contributed by atoms with Crippen LogP contribution in [0.1, 0.15) is 149 Å². The maximum Gasteiger partial charge on any atom is 0.306 e. The molecule has 0 rings (SSSR count). The highest BCUT2D eigenvalue weighted by Gasteiger charge is 2.21. The van der Waals surface area contributed by atoms with Crippen LogP contribution in [0, 0.1) is 5.92 Å². The van der Waals surface area contributed by atoms with E-state index in [2.05, 4.69) is 0 Å². The van der Waals surface area contributed by atoms with Crippen LogP contribution in [-0.2, 0) is 37.4 Å². The number of esters is 1. The number of aliphatic hydroxyl groups is 1. The third-order valence-electron chi connectivity index (χ3n) is 7.77. The summed E-state index contributed by atoms with van der Waals surface area (Å²) in [6.07, 6.45) is 19.1. The van der Waals surface area contributed by atoms with E-state index in [1.165, 1.54) is 65.2 Å². The molecule has 0 fully saturated rings. The van der Waals surface area contributed by atoms with Gasteiger partial charge in [-0.1, -0.05) is 96.8 Å². The Hall–Kier alpha value is -0.950. The lowest BCUT2D eigenvalue weighted by Gasteiger charge is -2.27. The fourth-order valence-electron chi connectivity index (χ4n) is 4.92. The van der Waals surface area contributed by atoms with Gasteiger partial charge < -0.3 is 44.7 Å². The molecule has 0 aliphatic heterocycles. The molecule has 0 radical (unpaired) electrons. The normalized spacial score (nSPS) is 14.5. The Morgan fingerprint density at radius 1 is 0.688 bits per heavy atom. The lowest BCUT2D eigenvalue weighted by molar-refractivity contribution is -0.230. The monoisotopic (exact) mass is 709 g/mol. The van der Waals surface area contributed by atoms with E-state index in [0.29, 0.717) is 12.8 Å². The highest BCUT2D eigenvalue weighted by Crippen LogP contribution is 2.39. The molecule has 0 aliphatic carbocycles. The molecule has 0 bridgehead atoms. The Balaban J connectivity index is 4.57. The molecule has 0 spiro atoms. The molecule has 12 nitrogen and oxygen atoms in total. The van der Waals surface area contributed by atoms with Crippen molar-refractivity contribution in [2.24, 2.45) is 17.4 Å². The van der Waals surface area contributed by atoms with Crippen LogP contribution in [0.3, 0.4) is 0 Å². The quantitative estimate of drug-likeness (QED) is 0.0294. The number of rotatable bonds is 36. The summed E-state index contributed by atoms with van der Waals surface area (Å²) in [5.74, 6) is -2.21. The zero-order chi connectivity index (χ0) is 35.9. The Bertz CT molecular complexity index is 828. The number of phosphoric ester groups is 1. The smallest absolute Gasteiger partial charge is 0.306 e. The topological polar surface area (TPSA) is 193 Å². The number of hydrogen-bond acceptors (Lipinski definition) is 12. The number of carbonyl (C=O) groups excluding carboxylic acids is 2. The molecule has 0 saturated carbocycles. The van der Waals surface area contributed by atoms with Crippen molar-refractivity contribution in [2.75, 3.05) is 46.1 Å². The fourth-order valence-corrected chi connectivity index (χ4v) is 5.78. The van der Waals surface area contributed by atoms with Crippen molar-refractivity contribution < 1.29 is 47.4 Å². The molecule has 0 aliphatic rings. The number of nitrogens with two attached hydrogens (primary N) is 2. The van der Waals surface area contributed by atoms with E-state index in [-0.39, 0.29) is 44.5 Å². The van der Waals surface area contributed by atoms with Crippen LogP contribution in [0.5, 0.6) is 0 Å². The minimum atomic E-state index is -4.73. The first-order valence-electron chi connectivity index (χ1n) is 18.5. The minimum Gasteiger partial charge on any atom is -0.756 e. The van der Waals surface area contributed by atoms with Crippen molar-refractivity contribution in [3.63, 3.8) is 0 Å². The van der Waals surface area contributed by atoms with Crippen LogP contribution in [0.15, 0.2) is 0 Å². The largest absolute Gasteiger partial charge is 0.756 e. The van der Waals surface area contributed by atoms with E-state index < -0.39 is 32.3 Å². The molecule has 0 heterocycles. The van der Waals surface area contributed by atoms with Gasteiger partial charge in [0.2, 0.25) is 0 Å². The third-order valence-corrected chi connectivity index (χ3v) is 8.70. The summed E-state index contributed by atoms with van der Waals surface area (Å²) in [4.78, 5) is 37.3. The van der Waals surface area contributed by atoms with Crippen molar-refractivity contribution in [1.29, 1.82) is 0 Å². The van der Waals surface area contributed by atoms with Gasteiger partial charge >= 0.3 is 5.97 Å². The zero-order valence-corrected chi connectivity index (χ0v) is 31.4. The molecule has 0 amide bonds. The number of ether oxygens (including phenoxy) is 3. The van der Waals surface area contributed by atoms with Gasteiger partial charge in [-0.3, -0.25) is 14.2 Å². The Labute approximate surface area is 291 Å². The summed E-state index contributed by atoms with van der Waals surface area (Å²) >= 11 is 0. The van der Waals surface area contributed by atoms with Gasteiger partial charge in [-0.25, -0.2) is 0 Å². The van der Waals surface area contributed by atoms with E-state index >= 15 is 0 Å². The average Bonchev–Trinajstić information content (AvgIpc) is 3.03. The standard InChI is InChI=1S/C35H71N2O10P/c1-31(26-44-35(2,3)40)27-45-48(41,42)46-30-33(47-34(39)23-19-15-11-7-5-9-13-17-21-25-37)29-43-28-32(38)22-18-14-10-6-4-8-12-16-20-24-36/h31,33,40H,4-30,36-37H2,1-3H3,(H,41,42)/p-1. The highest BCUT2D eigenvalue weighted by atomic mass is 31.2. The van der Waals surface area contributed by atoms with Gasteiger partial charge in [0.1, 0.15) is 12.7 Å². The molecular weight excluding hydrogens is 639 g/mol. The van der Waals surface area contributed by atoms with Crippen LogP contribution >= 0.6 is 7.82 Å². The second-order valence-electron chi connectivity index (χ2n) is 13.5. The number of unbranched alkanes of at least 4 members (excludes halogenated alkanes) is 16. The van der Waals surface area contributed by atoms with Gasteiger partial charge in [0.05, 0.1) is 26.4 Å². The maximum absolute atomic E-state index is 12.6. The second-order valence-corrected chi connectivity index (χ2v) is 14.9. The molecule has 0 saturated heterocycles. The first-order valence-corrected chi connectivity index (χ1v) is 20.0. The van der Waals surface area contributed by atoms with Crippen LogP contribution in [-0.4, -0.2) is 74.9 Å². The summed E-state index contributed by atoms with van der Waals surface area (Å²) in [6.45, 7) is 5.20. The van der Waals surface area contributed by atoms with Crippen LogP contribution in [0.2, 0.25) is 0 Å². The van der Waals surface area contributed by atoms with Crippen LogP contribution in [0.4, 0.5) is 0 Å². The maximum atomic E-state index is 12.6. The van der Waals surface area contributed by atoms with Gasteiger partial charge in [-0.15, -0.1) is 0 Å². The molecule has 48 heavy (non-hydrogen) atoms. The third kappa shape index (κ3) is 33.5. The summed E-state index contributed by atoms with van der Waals surface area (Å²) in [6, 6.07) is 0. The lowest BCUT2D eigenvalue weighted by atomic mass is 10.1. The predicted octanol–water partition coefficient (Wildman–Crippen LogP) is 6.09. The molecule has 3 unspecified atom stereocenters. The Kier molecular flexibility index (Phi) is 30.2. The van der Waals surface area contributed by atoms with Gasteiger partial charge in [0, 0.05) is 18.8 Å². The van der Waals surface area contributed by atoms with Gasteiger partial charge in [-0.2, -0.15) is 0 Å². The number of carbonyl (C=O) groups is 2. The number of phosphoric acid groups is 1. The molecule has 0 aromatic heterocycles. The minimum absolute atomic E-state index is 0.0535. The number of ketones is 1. The first-order chi connectivity index (χ1) is 22.9.